The second kappa shape index (κ2) is 6.92. The molecule has 1 rings (SSSR count). The molecule has 0 unspecified atom stereocenters. The highest BCUT2D eigenvalue weighted by Crippen LogP contribution is 2.32. The van der Waals surface area contributed by atoms with Gasteiger partial charge in [-0.3, -0.25) is 0 Å². The van der Waals surface area contributed by atoms with Gasteiger partial charge in [0.1, 0.15) is 4.90 Å². The summed E-state index contributed by atoms with van der Waals surface area (Å²) >= 11 is 2.91. The number of nitrogens with one attached hydrogen (secondary N) is 1. The van der Waals surface area contributed by atoms with E-state index in [4.69, 9.17) is 10.2 Å². The second-order valence-electron chi connectivity index (χ2n) is 3.83. The number of halogens is 4. The fourth-order valence-corrected chi connectivity index (χ4v) is 2.78. The van der Waals surface area contributed by atoms with E-state index in [2.05, 4.69) is 20.7 Å². The van der Waals surface area contributed by atoms with Crippen LogP contribution in [0.4, 0.5) is 13.2 Å². The van der Waals surface area contributed by atoms with E-state index in [0.29, 0.717) is 0 Å². The van der Waals surface area contributed by atoms with E-state index < -0.39 is 46.3 Å². The molecule has 0 bridgehead atoms. The Morgan fingerprint density at radius 1 is 1.38 bits per heavy atom. The summed E-state index contributed by atoms with van der Waals surface area (Å²) in [5.74, 6) is -0.914. The third-order valence-corrected chi connectivity index (χ3v) is 4.10. The summed E-state index contributed by atoms with van der Waals surface area (Å²) in [6, 6.07) is 2.99. The van der Waals surface area contributed by atoms with Gasteiger partial charge in [-0.25, -0.2) is 13.1 Å². The van der Waals surface area contributed by atoms with Crippen molar-refractivity contribution in [1.82, 2.24) is 4.72 Å². The van der Waals surface area contributed by atoms with E-state index in [1.54, 1.807) is 0 Å². The highest BCUT2D eigenvalue weighted by molar-refractivity contribution is 9.10. The maximum absolute atomic E-state index is 12.3. The van der Waals surface area contributed by atoms with Crippen LogP contribution in [0.1, 0.15) is 0 Å². The molecular weight excluding hydrogens is 383 g/mol. The Morgan fingerprint density at radius 3 is 2.52 bits per heavy atom. The predicted octanol–water partition coefficient (Wildman–Crippen LogP) is 0.979. The van der Waals surface area contributed by atoms with E-state index in [9.17, 15) is 21.6 Å². The van der Waals surface area contributed by atoms with Crippen molar-refractivity contribution in [2.24, 2.45) is 0 Å². The van der Waals surface area contributed by atoms with Gasteiger partial charge in [0.15, 0.2) is 5.75 Å². The standard InChI is InChI=1S/C10H11BrF3NO5S/c11-6-1-2-9(8(3-6)20-10(12,13)14)21(18,19)15-4-7(17)5-16/h1-3,7,15-17H,4-5H2/t7-/m0/s1. The monoisotopic (exact) mass is 393 g/mol. The second-order valence-corrected chi connectivity index (χ2v) is 6.48. The van der Waals surface area contributed by atoms with Crippen molar-refractivity contribution in [3.05, 3.63) is 22.7 Å². The molecule has 6 nitrogen and oxygen atoms in total. The van der Waals surface area contributed by atoms with Crippen molar-refractivity contribution < 1.29 is 36.5 Å². The van der Waals surface area contributed by atoms with Gasteiger partial charge in [-0.2, -0.15) is 0 Å². The first-order chi connectivity index (χ1) is 9.55. The zero-order valence-electron chi connectivity index (χ0n) is 10.3. The molecule has 0 aliphatic heterocycles. The number of aliphatic hydroxyl groups is 2. The molecule has 0 heterocycles. The molecule has 0 amide bonds. The van der Waals surface area contributed by atoms with Gasteiger partial charge in [-0.05, 0) is 18.2 Å². The number of sulfonamides is 1. The predicted molar refractivity (Wildman–Crippen MR) is 69.1 cm³/mol. The Bertz CT molecular complexity index is 593. The molecule has 120 valence electrons. The Balaban J connectivity index is 3.11. The van der Waals surface area contributed by atoms with Crippen LogP contribution in [0.5, 0.6) is 5.75 Å². The van der Waals surface area contributed by atoms with Gasteiger partial charge in [0, 0.05) is 11.0 Å². The highest BCUT2D eigenvalue weighted by atomic mass is 79.9. The zero-order chi connectivity index (χ0) is 16.3. The van der Waals surface area contributed by atoms with Gasteiger partial charge in [0.25, 0.3) is 0 Å². The number of alkyl halides is 3. The molecule has 0 saturated heterocycles. The molecule has 21 heavy (non-hydrogen) atoms. The number of hydrogen-bond donors (Lipinski definition) is 3. The van der Waals surface area contributed by atoms with Gasteiger partial charge < -0.3 is 14.9 Å². The lowest BCUT2D eigenvalue weighted by molar-refractivity contribution is -0.275. The summed E-state index contributed by atoms with van der Waals surface area (Å²) in [5.41, 5.74) is 0. The summed E-state index contributed by atoms with van der Waals surface area (Å²) in [6.45, 7) is -1.25. The average Bonchev–Trinajstić information content (AvgIpc) is 2.33. The Hall–Kier alpha value is -0.880. The number of rotatable bonds is 6. The van der Waals surface area contributed by atoms with Gasteiger partial charge in [-0.15, -0.1) is 13.2 Å². The molecule has 0 aliphatic rings. The fraction of sp³-hybridized carbons (Fsp3) is 0.400. The van der Waals surface area contributed by atoms with Gasteiger partial charge in [-0.1, -0.05) is 15.9 Å². The zero-order valence-corrected chi connectivity index (χ0v) is 12.7. The molecule has 0 aromatic heterocycles. The van der Waals surface area contributed by atoms with Gasteiger partial charge in [0.2, 0.25) is 10.0 Å². The molecule has 1 aromatic carbocycles. The summed E-state index contributed by atoms with van der Waals surface area (Å²) < 4.78 is 66.4. The molecule has 1 aromatic rings. The topological polar surface area (TPSA) is 95.9 Å². The van der Waals surface area contributed by atoms with E-state index in [-0.39, 0.29) is 4.47 Å². The number of hydrogen-bond acceptors (Lipinski definition) is 5. The fourth-order valence-electron chi connectivity index (χ4n) is 1.26. The molecule has 0 saturated carbocycles. The first kappa shape index (κ1) is 18.2. The van der Waals surface area contributed by atoms with E-state index in [1.807, 2.05) is 4.72 Å². The quantitative estimate of drug-likeness (QED) is 0.669. The van der Waals surface area contributed by atoms with Crippen molar-refractivity contribution in [2.75, 3.05) is 13.2 Å². The largest absolute Gasteiger partial charge is 0.573 e. The summed E-state index contributed by atoms with van der Waals surface area (Å²) in [5, 5.41) is 17.7. The Labute approximate surface area is 126 Å². The van der Waals surface area contributed by atoms with Crippen molar-refractivity contribution >= 4 is 26.0 Å². The third kappa shape index (κ3) is 5.79. The van der Waals surface area contributed by atoms with Crippen molar-refractivity contribution in [3.63, 3.8) is 0 Å². The lowest BCUT2D eigenvalue weighted by Crippen LogP contribution is -2.34. The minimum atomic E-state index is -5.06. The van der Waals surface area contributed by atoms with E-state index in [1.165, 1.54) is 6.07 Å². The minimum Gasteiger partial charge on any atom is -0.404 e. The Kier molecular flexibility index (Phi) is 5.99. The minimum absolute atomic E-state index is 0.191. The lowest BCUT2D eigenvalue weighted by Gasteiger charge is -2.15. The lowest BCUT2D eigenvalue weighted by atomic mass is 10.3. The van der Waals surface area contributed by atoms with Crippen LogP contribution in [0.15, 0.2) is 27.6 Å². The smallest absolute Gasteiger partial charge is 0.404 e. The Morgan fingerprint density at radius 2 is 2.00 bits per heavy atom. The average molecular weight is 394 g/mol. The number of ether oxygens (including phenoxy) is 1. The summed E-state index contributed by atoms with van der Waals surface area (Å²) in [4.78, 5) is -0.742. The van der Waals surface area contributed by atoms with Crippen LogP contribution >= 0.6 is 15.9 Å². The van der Waals surface area contributed by atoms with Gasteiger partial charge in [0.05, 0.1) is 12.7 Å². The van der Waals surface area contributed by atoms with Crippen LogP contribution in [-0.2, 0) is 10.0 Å². The van der Waals surface area contributed by atoms with Crippen molar-refractivity contribution in [2.45, 2.75) is 17.4 Å². The van der Waals surface area contributed by atoms with Crippen LogP contribution in [0.3, 0.4) is 0 Å². The summed E-state index contributed by atoms with van der Waals surface area (Å²) in [7, 11) is -4.35. The van der Waals surface area contributed by atoms with E-state index in [0.717, 1.165) is 12.1 Å². The van der Waals surface area contributed by atoms with Crippen molar-refractivity contribution in [3.8, 4) is 5.75 Å². The molecule has 3 N–H and O–H groups in total. The van der Waals surface area contributed by atoms with Crippen LogP contribution in [0.2, 0.25) is 0 Å². The van der Waals surface area contributed by atoms with E-state index >= 15 is 0 Å². The number of aliphatic hydroxyl groups excluding tert-OH is 2. The molecule has 1 atom stereocenters. The molecular formula is C10H11BrF3NO5S. The first-order valence-electron chi connectivity index (χ1n) is 5.39. The molecule has 0 aliphatic carbocycles. The van der Waals surface area contributed by atoms with Crippen LogP contribution in [0, 0.1) is 0 Å². The molecule has 11 heteroatoms. The molecule has 0 fully saturated rings. The number of benzene rings is 1. The SMILES string of the molecule is O=S(=O)(NC[C@H](O)CO)c1ccc(Br)cc1OC(F)(F)F. The normalized spacial score (nSPS) is 14.0. The van der Waals surface area contributed by atoms with Crippen LogP contribution < -0.4 is 9.46 Å². The van der Waals surface area contributed by atoms with Crippen LogP contribution in [-0.4, -0.2) is 44.2 Å². The first-order valence-corrected chi connectivity index (χ1v) is 7.66. The van der Waals surface area contributed by atoms with Crippen LogP contribution in [0.25, 0.3) is 0 Å². The highest BCUT2D eigenvalue weighted by Gasteiger charge is 2.34. The third-order valence-electron chi connectivity index (χ3n) is 2.14. The molecule has 0 spiro atoms. The van der Waals surface area contributed by atoms with Crippen molar-refractivity contribution in [1.29, 1.82) is 0 Å². The maximum Gasteiger partial charge on any atom is 0.573 e. The maximum atomic E-state index is 12.3. The molecule has 0 radical (unpaired) electrons. The van der Waals surface area contributed by atoms with Gasteiger partial charge >= 0.3 is 6.36 Å². The summed E-state index contributed by atoms with van der Waals surface area (Å²) in [6.07, 6.45) is -6.43.